The lowest BCUT2D eigenvalue weighted by Crippen LogP contribution is -2.15. The first kappa shape index (κ1) is 18.4. The molecule has 2 atom stereocenters. The molecule has 2 aromatic carbocycles. The molecular formula is C17H10B6N2O. The molecule has 26 heavy (non-hydrogen) atoms. The molecule has 0 spiro atoms. The number of ether oxygens (including phenoxy) is 1. The Morgan fingerprint density at radius 1 is 1.12 bits per heavy atom. The predicted octanol–water partition coefficient (Wildman–Crippen LogP) is 1.54. The van der Waals surface area contributed by atoms with Crippen molar-refractivity contribution in [1.82, 2.24) is 0 Å². The Morgan fingerprint density at radius 3 is 2.38 bits per heavy atom. The predicted molar refractivity (Wildman–Crippen MR) is 107 cm³/mol. The molecule has 1 aliphatic rings. The molecule has 1 aliphatic heterocycles. The normalized spacial score (nSPS) is 20.5. The summed E-state index contributed by atoms with van der Waals surface area (Å²) in [7, 11) is 20.8. The lowest BCUT2D eigenvalue weighted by molar-refractivity contribution is 0.480. The first-order valence-corrected chi connectivity index (χ1v) is 8.16. The van der Waals surface area contributed by atoms with Crippen LogP contribution in [0.4, 0.5) is 0 Å². The molecule has 0 aromatic heterocycles. The standard InChI is InChI=1S/C17H10B6N2O/c18-21-16-17(22-19,23(16)20)8-11-4-6-13(7-5-11)26-15-3-1-2-12(9-24)14(15)10-25/h1-7,16H,8H2/i21+0,22+0,23+0. The summed E-state index contributed by atoms with van der Waals surface area (Å²) < 4.78 is 5.78. The van der Waals surface area contributed by atoms with Crippen molar-refractivity contribution in [3.05, 3.63) is 59.2 Å². The smallest absolute Gasteiger partial charge is 0.146 e. The van der Waals surface area contributed by atoms with Gasteiger partial charge >= 0.3 is 0 Å². The van der Waals surface area contributed by atoms with E-state index in [0.717, 1.165) is 5.56 Å². The highest BCUT2D eigenvalue weighted by atomic mass is 16.5. The largest absolute Gasteiger partial charge is 0.456 e. The summed E-state index contributed by atoms with van der Waals surface area (Å²) >= 11 is 0. The highest BCUT2D eigenvalue weighted by molar-refractivity contribution is 7.28. The fourth-order valence-electron chi connectivity index (χ4n) is 3.32. The van der Waals surface area contributed by atoms with E-state index in [2.05, 4.69) is 0 Å². The third-order valence-corrected chi connectivity index (χ3v) is 4.96. The second kappa shape index (κ2) is 7.46. The summed E-state index contributed by atoms with van der Waals surface area (Å²) in [5.41, 5.74) is 1.65. The molecule has 8 radical (unpaired) electrons. The molecule has 0 saturated carbocycles. The molecule has 0 N–H and O–H groups in total. The van der Waals surface area contributed by atoms with Crippen LogP contribution < -0.4 is 4.74 Å². The number of benzene rings is 2. The topological polar surface area (TPSA) is 56.8 Å². The van der Waals surface area contributed by atoms with Crippen molar-refractivity contribution >= 4 is 44.2 Å². The van der Waals surface area contributed by atoms with Crippen LogP contribution in [-0.4, -0.2) is 44.2 Å². The van der Waals surface area contributed by atoms with Crippen LogP contribution in [0.1, 0.15) is 16.7 Å². The number of nitriles is 2. The fourth-order valence-corrected chi connectivity index (χ4v) is 3.32. The van der Waals surface area contributed by atoms with E-state index >= 15 is 0 Å². The summed E-state index contributed by atoms with van der Waals surface area (Å²) in [6.45, 7) is -0.0691. The maximum Gasteiger partial charge on any atom is 0.146 e. The molecule has 3 nitrogen and oxygen atoms in total. The highest BCUT2D eigenvalue weighted by Gasteiger charge is 2.58. The second-order valence-electron chi connectivity index (χ2n) is 6.35. The zero-order chi connectivity index (χ0) is 18.7. The SMILES string of the molecule is [B][11B]C1[11B]([B])C1([11B][B])Cc1ccc(Oc2cccc(C#N)c2C#N)cc1. The monoisotopic (exact) mass is 324 g/mol. The minimum Gasteiger partial charge on any atom is -0.456 e. The molecule has 1 saturated heterocycles. The van der Waals surface area contributed by atoms with Crippen molar-refractivity contribution in [3.63, 3.8) is 0 Å². The van der Waals surface area contributed by atoms with E-state index in [0.29, 0.717) is 17.9 Å². The van der Waals surface area contributed by atoms with Gasteiger partial charge in [-0.05, 0) is 36.2 Å². The van der Waals surface area contributed by atoms with Gasteiger partial charge < -0.3 is 4.74 Å². The van der Waals surface area contributed by atoms with Crippen LogP contribution in [0.15, 0.2) is 42.5 Å². The highest BCUT2D eigenvalue weighted by Crippen LogP contribution is 2.61. The zero-order valence-electron chi connectivity index (χ0n) is 14.1. The Morgan fingerprint density at radius 2 is 1.85 bits per heavy atom. The molecule has 9 heteroatoms. The summed E-state index contributed by atoms with van der Waals surface area (Å²) in [4.78, 5) is 0. The van der Waals surface area contributed by atoms with Gasteiger partial charge in [0.05, 0.1) is 19.3 Å². The van der Waals surface area contributed by atoms with Gasteiger partial charge in [0.15, 0.2) is 0 Å². The summed E-state index contributed by atoms with van der Waals surface area (Å²) in [6.07, 6.45) is 0.691. The molecule has 3 rings (SSSR count). The van der Waals surface area contributed by atoms with Crippen LogP contribution in [-0.2, 0) is 6.42 Å². The molecule has 2 unspecified atom stereocenters. The molecule has 112 valence electrons. The van der Waals surface area contributed by atoms with E-state index in [1.165, 1.54) is 0 Å². The van der Waals surface area contributed by atoms with Gasteiger partial charge in [0.25, 0.3) is 0 Å². The van der Waals surface area contributed by atoms with E-state index < -0.39 is 0 Å². The molecule has 1 fully saturated rings. The molecule has 1 heterocycles. The van der Waals surface area contributed by atoms with Crippen LogP contribution in [0, 0.1) is 22.7 Å². The summed E-state index contributed by atoms with van der Waals surface area (Å²) in [6, 6.07) is 16.4. The number of rotatable bonds is 6. The maximum absolute atomic E-state index is 9.27. The third kappa shape index (κ3) is 3.19. The molecule has 2 aromatic rings. The Hall–Kier alpha value is -2.39. The molecular weight excluding hydrogens is 314 g/mol. The number of hydrogen-bond acceptors (Lipinski definition) is 3. The van der Waals surface area contributed by atoms with Crippen molar-refractivity contribution < 1.29 is 4.74 Å². The Labute approximate surface area is 159 Å². The van der Waals surface area contributed by atoms with E-state index in [9.17, 15) is 5.26 Å². The first-order valence-electron chi connectivity index (χ1n) is 8.16. The Bertz CT molecular complexity index is 892. The maximum atomic E-state index is 9.27. The minimum atomic E-state index is -0.299. The Kier molecular flexibility index (Phi) is 5.28. The van der Waals surface area contributed by atoms with Crippen molar-refractivity contribution in [2.75, 3.05) is 0 Å². The summed E-state index contributed by atoms with van der Waals surface area (Å²) in [5.74, 6) is 0.932. The van der Waals surface area contributed by atoms with Crippen molar-refractivity contribution in [2.24, 2.45) is 0 Å². The van der Waals surface area contributed by atoms with Gasteiger partial charge in [-0.2, -0.15) is 10.5 Å². The number of nitrogens with zero attached hydrogens (tertiary/aromatic N) is 2. The lowest BCUT2D eigenvalue weighted by Gasteiger charge is -2.17. The van der Waals surface area contributed by atoms with Crippen LogP contribution in [0.5, 0.6) is 11.5 Å². The van der Waals surface area contributed by atoms with E-state index in [-0.39, 0.29) is 28.7 Å². The van der Waals surface area contributed by atoms with Gasteiger partial charge in [-0.15, -0.1) is 10.9 Å². The first-order chi connectivity index (χ1) is 12.6. The van der Waals surface area contributed by atoms with Gasteiger partial charge in [0.2, 0.25) is 0 Å². The average molecular weight is 324 g/mol. The van der Waals surface area contributed by atoms with Gasteiger partial charge in [-0.3, -0.25) is 0 Å². The van der Waals surface area contributed by atoms with Gasteiger partial charge in [-0.1, -0.05) is 18.2 Å². The average Bonchev–Trinajstić information content (AvgIpc) is 3.25. The fraction of sp³-hybridized carbons (Fsp3) is 0.176. The molecule has 0 amide bonds. The molecule has 0 aliphatic carbocycles. The quantitative estimate of drug-likeness (QED) is 0.758. The van der Waals surface area contributed by atoms with Crippen molar-refractivity contribution in [3.8, 4) is 23.6 Å². The zero-order valence-corrected chi connectivity index (χ0v) is 14.1. The minimum absolute atomic E-state index is 0.0691. The van der Waals surface area contributed by atoms with Gasteiger partial charge in [0.1, 0.15) is 29.2 Å². The lowest BCUT2D eigenvalue weighted by atomic mass is 9.38. The van der Waals surface area contributed by atoms with Crippen LogP contribution in [0.25, 0.3) is 0 Å². The number of hydrogen-bond donors (Lipinski definition) is 0. The third-order valence-electron chi connectivity index (χ3n) is 4.96. The van der Waals surface area contributed by atoms with Gasteiger partial charge in [-0.25, -0.2) is 0 Å². The summed E-state index contributed by atoms with van der Waals surface area (Å²) in [5, 5.41) is 18.1. The van der Waals surface area contributed by atoms with Crippen LogP contribution >= 0.6 is 0 Å². The second-order valence-corrected chi connectivity index (χ2v) is 6.35. The van der Waals surface area contributed by atoms with Crippen LogP contribution in [0.3, 0.4) is 0 Å². The van der Waals surface area contributed by atoms with Crippen molar-refractivity contribution in [1.29, 1.82) is 10.5 Å². The van der Waals surface area contributed by atoms with Gasteiger partial charge in [0, 0.05) is 30.4 Å². The Balaban J connectivity index is 1.76. The molecule has 0 bridgehead atoms. The van der Waals surface area contributed by atoms with E-state index in [1.54, 1.807) is 32.5 Å². The van der Waals surface area contributed by atoms with Crippen molar-refractivity contribution in [2.45, 2.75) is 17.4 Å². The van der Waals surface area contributed by atoms with Crippen LogP contribution in [0.2, 0.25) is 10.9 Å². The van der Waals surface area contributed by atoms with E-state index in [4.69, 9.17) is 33.2 Å². The van der Waals surface area contributed by atoms with E-state index in [1.807, 2.05) is 36.4 Å².